The number of aliphatic hydroxyl groups is 1. The highest BCUT2D eigenvalue weighted by Crippen LogP contribution is 2.21. The van der Waals surface area contributed by atoms with E-state index in [4.69, 9.17) is 5.11 Å². The largest absolute Gasteiger partial charge is 0.390 e. The third kappa shape index (κ3) is 2.57. The van der Waals surface area contributed by atoms with Gasteiger partial charge in [-0.15, -0.1) is 5.10 Å². The first-order chi connectivity index (χ1) is 8.20. The molecule has 0 radical (unpaired) electrons. The number of halogens is 1. The van der Waals surface area contributed by atoms with Crippen LogP contribution in [0.3, 0.4) is 0 Å². The second-order valence-electron chi connectivity index (χ2n) is 3.58. The van der Waals surface area contributed by atoms with Crippen LogP contribution in [-0.4, -0.2) is 22.4 Å². The van der Waals surface area contributed by atoms with Crippen LogP contribution in [0.15, 0.2) is 36.4 Å². The van der Waals surface area contributed by atoms with E-state index in [2.05, 4.69) is 10.2 Å². The molecule has 5 heteroatoms. The normalized spacial score (nSPS) is 10.3. The molecule has 1 N–H and O–H groups in total. The molecule has 2 rings (SSSR count). The number of aliphatic hydroxyl groups excluding tert-OH is 1. The summed E-state index contributed by atoms with van der Waals surface area (Å²) in [7, 11) is 1.78. The highest BCUT2D eigenvalue weighted by atomic mass is 19.1. The molecule has 1 aromatic carbocycles. The molecule has 0 saturated heterocycles. The van der Waals surface area contributed by atoms with E-state index in [1.165, 1.54) is 12.1 Å². The van der Waals surface area contributed by atoms with Gasteiger partial charge in [0.05, 0.1) is 12.3 Å². The van der Waals surface area contributed by atoms with E-state index in [0.717, 1.165) is 0 Å². The number of rotatable bonds is 3. The third-order valence-electron chi connectivity index (χ3n) is 2.41. The highest BCUT2D eigenvalue weighted by Gasteiger charge is 2.06. The highest BCUT2D eigenvalue weighted by molar-refractivity contribution is 5.58. The van der Waals surface area contributed by atoms with Crippen LogP contribution in [0.5, 0.6) is 0 Å². The second kappa shape index (κ2) is 4.88. The Morgan fingerprint density at radius 1 is 1.24 bits per heavy atom. The van der Waals surface area contributed by atoms with E-state index in [1.807, 2.05) is 0 Å². The molecule has 1 aromatic heterocycles. The first-order valence-electron chi connectivity index (χ1n) is 5.13. The minimum atomic E-state index is -0.297. The molecule has 0 atom stereocenters. The van der Waals surface area contributed by atoms with E-state index in [-0.39, 0.29) is 12.4 Å². The first-order valence-corrected chi connectivity index (χ1v) is 5.13. The maximum absolute atomic E-state index is 13.1. The fourth-order valence-corrected chi connectivity index (χ4v) is 1.43. The number of hydrogen-bond acceptors (Lipinski definition) is 4. The van der Waals surface area contributed by atoms with Gasteiger partial charge in [-0.3, -0.25) is 0 Å². The molecule has 4 nitrogen and oxygen atoms in total. The topological polar surface area (TPSA) is 49.2 Å². The lowest BCUT2D eigenvalue weighted by Crippen LogP contribution is -2.12. The van der Waals surface area contributed by atoms with Crippen LogP contribution in [0, 0.1) is 5.82 Å². The van der Waals surface area contributed by atoms with Gasteiger partial charge in [0, 0.05) is 12.7 Å². The lowest BCUT2D eigenvalue weighted by molar-refractivity contribution is 0.275. The van der Waals surface area contributed by atoms with Crippen molar-refractivity contribution < 1.29 is 9.50 Å². The SMILES string of the molecule is CN(c1cccc(F)c1)c1ccc(CO)nn1. The van der Waals surface area contributed by atoms with Gasteiger partial charge >= 0.3 is 0 Å². The molecule has 0 fully saturated rings. The van der Waals surface area contributed by atoms with Gasteiger partial charge in [-0.2, -0.15) is 5.10 Å². The van der Waals surface area contributed by atoms with Crippen molar-refractivity contribution in [3.63, 3.8) is 0 Å². The van der Waals surface area contributed by atoms with Crippen molar-refractivity contribution in [3.05, 3.63) is 47.9 Å². The average molecular weight is 233 g/mol. The summed E-state index contributed by atoms with van der Waals surface area (Å²) in [5, 5.41) is 16.6. The predicted octanol–water partition coefficient (Wildman–Crippen LogP) is 1.88. The zero-order chi connectivity index (χ0) is 12.3. The molecule has 0 bridgehead atoms. The number of anilines is 2. The molecule has 2 aromatic rings. The Morgan fingerprint density at radius 3 is 2.65 bits per heavy atom. The van der Waals surface area contributed by atoms with Crippen molar-refractivity contribution in [2.45, 2.75) is 6.61 Å². The fraction of sp³-hybridized carbons (Fsp3) is 0.167. The second-order valence-corrected chi connectivity index (χ2v) is 3.58. The van der Waals surface area contributed by atoms with Gasteiger partial charge in [-0.25, -0.2) is 4.39 Å². The minimum absolute atomic E-state index is 0.142. The summed E-state index contributed by atoms with van der Waals surface area (Å²) in [6.07, 6.45) is 0. The third-order valence-corrected chi connectivity index (χ3v) is 2.41. The molecule has 1 heterocycles. The Balaban J connectivity index is 2.27. The van der Waals surface area contributed by atoms with Gasteiger partial charge in [0.2, 0.25) is 0 Å². The molecule has 0 spiro atoms. The van der Waals surface area contributed by atoms with Gasteiger partial charge in [-0.05, 0) is 30.3 Å². The molecule has 0 saturated carbocycles. The van der Waals surface area contributed by atoms with Crippen molar-refractivity contribution in [1.29, 1.82) is 0 Å². The molecule has 0 unspecified atom stereocenters. The standard InChI is InChI=1S/C12H12FN3O/c1-16(11-4-2-3-9(13)7-11)12-6-5-10(8-17)14-15-12/h2-7,17H,8H2,1H3. The molecule has 17 heavy (non-hydrogen) atoms. The van der Waals surface area contributed by atoms with E-state index in [0.29, 0.717) is 17.2 Å². The van der Waals surface area contributed by atoms with Crippen LogP contribution in [0.2, 0.25) is 0 Å². The van der Waals surface area contributed by atoms with E-state index < -0.39 is 0 Å². The molecule has 0 amide bonds. The molecular weight excluding hydrogens is 221 g/mol. The summed E-state index contributed by atoms with van der Waals surface area (Å²) in [5.74, 6) is 0.294. The number of aromatic nitrogens is 2. The van der Waals surface area contributed by atoms with Crippen LogP contribution in [0.4, 0.5) is 15.9 Å². The Kier molecular flexibility index (Phi) is 3.30. The number of benzene rings is 1. The van der Waals surface area contributed by atoms with Crippen molar-refractivity contribution in [1.82, 2.24) is 10.2 Å². The Labute approximate surface area is 98.3 Å². The molecule has 88 valence electrons. The maximum atomic E-state index is 13.1. The van der Waals surface area contributed by atoms with Crippen molar-refractivity contribution in [3.8, 4) is 0 Å². The van der Waals surface area contributed by atoms with Crippen molar-refractivity contribution in [2.24, 2.45) is 0 Å². The molecule has 0 aliphatic rings. The van der Waals surface area contributed by atoms with Crippen LogP contribution < -0.4 is 4.90 Å². The number of hydrogen-bond donors (Lipinski definition) is 1. The maximum Gasteiger partial charge on any atom is 0.155 e. The molecule has 0 aliphatic heterocycles. The summed E-state index contributed by atoms with van der Waals surface area (Å²) in [6.45, 7) is -0.142. The number of nitrogens with zero attached hydrogens (tertiary/aromatic N) is 3. The van der Waals surface area contributed by atoms with Gasteiger partial charge in [0.15, 0.2) is 5.82 Å². The van der Waals surface area contributed by atoms with E-state index in [1.54, 1.807) is 36.2 Å². The Morgan fingerprint density at radius 2 is 2.06 bits per heavy atom. The summed E-state index contributed by atoms with van der Waals surface area (Å²) >= 11 is 0. The zero-order valence-corrected chi connectivity index (χ0v) is 9.34. The summed E-state index contributed by atoms with van der Waals surface area (Å²) < 4.78 is 13.1. The summed E-state index contributed by atoms with van der Waals surface area (Å²) in [6, 6.07) is 9.63. The molecule has 0 aliphatic carbocycles. The van der Waals surface area contributed by atoms with Crippen LogP contribution >= 0.6 is 0 Å². The lowest BCUT2D eigenvalue weighted by Gasteiger charge is -2.17. The quantitative estimate of drug-likeness (QED) is 0.879. The zero-order valence-electron chi connectivity index (χ0n) is 9.34. The van der Waals surface area contributed by atoms with E-state index >= 15 is 0 Å². The fourth-order valence-electron chi connectivity index (χ4n) is 1.43. The van der Waals surface area contributed by atoms with Gasteiger partial charge < -0.3 is 10.0 Å². The van der Waals surface area contributed by atoms with E-state index in [9.17, 15) is 4.39 Å². The van der Waals surface area contributed by atoms with Crippen LogP contribution in [-0.2, 0) is 6.61 Å². The van der Waals surface area contributed by atoms with Gasteiger partial charge in [0.25, 0.3) is 0 Å². The summed E-state index contributed by atoms with van der Waals surface area (Å²) in [4.78, 5) is 1.72. The van der Waals surface area contributed by atoms with Crippen LogP contribution in [0.1, 0.15) is 5.69 Å². The average Bonchev–Trinajstić information content (AvgIpc) is 2.38. The predicted molar refractivity (Wildman–Crippen MR) is 62.4 cm³/mol. The van der Waals surface area contributed by atoms with Crippen LogP contribution in [0.25, 0.3) is 0 Å². The lowest BCUT2D eigenvalue weighted by atomic mass is 10.3. The smallest absolute Gasteiger partial charge is 0.155 e. The first kappa shape index (κ1) is 11.5. The summed E-state index contributed by atoms with van der Waals surface area (Å²) in [5.41, 5.74) is 1.19. The monoisotopic (exact) mass is 233 g/mol. The molecular formula is C12H12FN3O. The Bertz CT molecular complexity index is 501. The van der Waals surface area contributed by atoms with Gasteiger partial charge in [-0.1, -0.05) is 6.07 Å². The van der Waals surface area contributed by atoms with Crippen molar-refractivity contribution in [2.75, 3.05) is 11.9 Å². The van der Waals surface area contributed by atoms with Crippen molar-refractivity contribution >= 4 is 11.5 Å². The minimum Gasteiger partial charge on any atom is -0.390 e. The van der Waals surface area contributed by atoms with Gasteiger partial charge in [0.1, 0.15) is 5.82 Å². The Hall–Kier alpha value is -2.01.